The summed E-state index contributed by atoms with van der Waals surface area (Å²) >= 11 is 0. The SMILES string of the molecule is CCc1ccc(CC(O)c2ccc(C(C)C)cc2)cc1. The zero-order valence-corrected chi connectivity index (χ0v) is 12.6. The Hall–Kier alpha value is -1.60. The molecule has 0 bridgehead atoms. The lowest BCUT2D eigenvalue weighted by Crippen LogP contribution is -2.02. The second kappa shape index (κ2) is 6.71. The standard InChI is InChI=1S/C19H24O/c1-4-15-5-7-16(8-6-15)13-19(20)18-11-9-17(10-12-18)14(2)3/h5-12,14,19-20H,4,13H2,1-3H3. The van der Waals surface area contributed by atoms with Crippen molar-refractivity contribution in [1.29, 1.82) is 0 Å². The van der Waals surface area contributed by atoms with Crippen LogP contribution in [0, 0.1) is 0 Å². The Kier molecular flexibility index (Phi) is 4.97. The predicted octanol–water partition coefficient (Wildman–Crippen LogP) is 4.65. The van der Waals surface area contributed by atoms with Crippen LogP contribution in [0.25, 0.3) is 0 Å². The molecule has 0 radical (unpaired) electrons. The Balaban J connectivity index is 2.04. The molecule has 20 heavy (non-hydrogen) atoms. The molecule has 1 unspecified atom stereocenters. The third-order valence-corrected chi connectivity index (χ3v) is 3.85. The van der Waals surface area contributed by atoms with Crippen LogP contribution >= 0.6 is 0 Å². The van der Waals surface area contributed by atoms with Crippen LogP contribution < -0.4 is 0 Å². The molecule has 1 heteroatoms. The Bertz CT molecular complexity index is 523. The Morgan fingerprint density at radius 2 is 1.30 bits per heavy atom. The summed E-state index contributed by atoms with van der Waals surface area (Å²) < 4.78 is 0. The highest BCUT2D eigenvalue weighted by molar-refractivity contribution is 5.28. The van der Waals surface area contributed by atoms with Gasteiger partial charge >= 0.3 is 0 Å². The lowest BCUT2D eigenvalue weighted by atomic mass is 9.97. The Morgan fingerprint density at radius 3 is 1.80 bits per heavy atom. The summed E-state index contributed by atoms with van der Waals surface area (Å²) in [6, 6.07) is 16.8. The molecule has 0 saturated carbocycles. The van der Waals surface area contributed by atoms with E-state index in [9.17, 15) is 5.11 Å². The predicted molar refractivity (Wildman–Crippen MR) is 85.0 cm³/mol. The fourth-order valence-electron chi connectivity index (χ4n) is 2.36. The van der Waals surface area contributed by atoms with Crippen LogP contribution in [0.15, 0.2) is 48.5 Å². The van der Waals surface area contributed by atoms with Crippen molar-refractivity contribution in [3.8, 4) is 0 Å². The van der Waals surface area contributed by atoms with E-state index in [4.69, 9.17) is 0 Å². The maximum absolute atomic E-state index is 10.3. The van der Waals surface area contributed by atoms with Crippen molar-refractivity contribution in [1.82, 2.24) is 0 Å². The second-order valence-electron chi connectivity index (χ2n) is 5.71. The summed E-state index contributed by atoms with van der Waals surface area (Å²) in [5, 5.41) is 10.3. The van der Waals surface area contributed by atoms with Gasteiger partial charge in [0.25, 0.3) is 0 Å². The van der Waals surface area contributed by atoms with E-state index in [1.54, 1.807) is 0 Å². The normalized spacial score (nSPS) is 12.7. The molecule has 1 N–H and O–H groups in total. The Morgan fingerprint density at radius 1 is 0.800 bits per heavy atom. The second-order valence-corrected chi connectivity index (χ2v) is 5.71. The van der Waals surface area contributed by atoms with Gasteiger partial charge in [-0.2, -0.15) is 0 Å². The third-order valence-electron chi connectivity index (χ3n) is 3.85. The van der Waals surface area contributed by atoms with Crippen LogP contribution in [-0.2, 0) is 12.8 Å². The highest BCUT2D eigenvalue weighted by Gasteiger charge is 2.09. The molecule has 1 atom stereocenters. The topological polar surface area (TPSA) is 20.2 Å². The van der Waals surface area contributed by atoms with Gasteiger partial charge in [0.2, 0.25) is 0 Å². The van der Waals surface area contributed by atoms with Gasteiger partial charge in [-0.3, -0.25) is 0 Å². The smallest absolute Gasteiger partial charge is 0.0830 e. The van der Waals surface area contributed by atoms with Gasteiger partial charge < -0.3 is 5.11 Å². The lowest BCUT2D eigenvalue weighted by Gasteiger charge is -2.13. The van der Waals surface area contributed by atoms with Crippen LogP contribution in [-0.4, -0.2) is 5.11 Å². The van der Waals surface area contributed by atoms with Crippen molar-refractivity contribution < 1.29 is 5.11 Å². The van der Waals surface area contributed by atoms with Gasteiger partial charge in [0.05, 0.1) is 6.10 Å². The summed E-state index contributed by atoms with van der Waals surface area (Å²) in [6.45, 7) is 6.52. The third kappa shape index (κ3) is 3.71. The fourth-order valence-corrected chi connectivity index (χ4v) is 2.36. The maximum Gasteiger partial charge on any atom is 0.0830 e. The van der Waals surface area contributed by atoms with E-state index in [2.05, 4.69) is 57.2 Å². The first-order valence-electron chi connectivity index (χ1n) is 7.46. The molecular weight excluding hydrogens is 244 g/mol. The molecule has 0 aliphatic carbocycles. The number of benzene rings is 2. The quantitative estimate of drug-likeness (QED) is 0.837. The molecule has 1 nitrogen and oxygen atoms in total. The van der Waals surface area contributed by atoms with Gasteiger partial charge in [-0.25, -0.2) is 0 Å². The molecule has 2 aromatic carbocycles. The van der Waals surface area contributed by atoms with Gasteiger partial charge in [-0.1, -0.05) is 69.3 Å². The highest BCUT2D eigenvalue weighted by atomic mass is 16.3. The molecule has 2 aromatic rings. The molecule has 0 aromatic heterocycles. The van der Waals surface area contributed by atoms with Crippen molar-refractivity contribution in [2.24, 2.45) is 0 Å². The first kappa shape index (κ1) is 14.8. The lowest BCUT2D eigenvalue weighted by molar-refractivity contribution is 0.178. The zero-order valence-electron chi connectivity index (χ0n) is 12.6. The first-order chi connectivity index (χ1) is 9.60. The van der Waals surface area contributed by atoms with Crippen molar-refractivity contribution in [3.05, 3.63) is 70.8 Å². The van der Waals surface area contributed by atoms with Crippen LogP contribution in [0.2, 0.25) is 0 Å². The average Bonchev–Trinajstić information content (AvgIpc) is 2.48. The minimum absolute atomic E-state index is 0.427. The van der Waals surface area contributed by atoms with Crippen molar-refractivity contribution in [2.45, 2.75) is 45.6 Å². The molecule has 0 amide bonds. The van der Waals surface area contributed by atoms with Gasteiger partial charge in [0.15, 0.2) is 0 Å². The number of rotatable bonds is 5. The number of hydrogen-bond donors (Lipinski definition) is 1. The van der Waals surface area contributed by atoms with Crippen molar-refractivity contribution >= 4 is 0 Å². The van der Waals surface area contributed by atoms with Gasteiger partial charge in [0.1, 0.15) is 0 Å². The number of aliphatic hydroxyl groups is 1. The summed E-state index contributed by atoms with van der Waals surface area (Å²) in [5.41, 5.74) is 4.83. The van der Waals surface area contributed by atoms with Gasteiger partial charge in [0, 0.05) is 6.42 Å². The molecule has 0 saturated heterocycles. The minimum Gasteiger partial charge on any atom is -0.388 e. The maximum atomic E-state index is 10.3. The van der Waals surface area contributed by atoms with E-state index in [1.807, 2.05) is 12.1 Å². The van der Waals surface area contributed by atoms with Crippen molar-refractivity contribution in [2.75, 3.05) is 0 Å². The molecule has 0 spiro atoms. The summed E-state index contributed by atoms with van der Waals surface area (Å²) in [5.74, 6) is 0.530. The minimum atomic E-state index is -0.427. The summed E-state index contributed by atoms with van der Waals surface area (Å²) in [4.78, 5) is 0. The summed E-state index contributed by atoms with van der Waals surface area (Å²) in [7, 11) is 0. The monoisotopic (exact) mass is 268 g/mol. The fraction of sp³-hybridized carbons (Fsp3) is 0.368. The van der Waals surface area contributed by atoms with E-state index in [-0.39, 0.29) is 0 Å². The van der Waals surface area contributed by atoms with Crippen molar-refractivity contribution in [3.63, 3.8) is 0 Å². The molecule has 0 aliphatic rings. The Labute approximate surface area is 122 Å². The molecular formula is C19H24O. The number of aryl methyl sites for hydroxylation is 1. The van der Waals surface area contributed by atoms with Crippen LogP contribution in [0.3, 0.4) is 0 Å². The van der Waals surface area contributed by atoms with Crippen LogP contribution in [0.1, 0.15) is 55.0 Å². The average molecular weight is 268 g/mol. The molecule has 2 rings (SSSR count). The molecule has 106 valence electrons. The first-order valence-corrected chi connectivity index (χ1v) is 7.46. The zero-order chi connectivity index (χ0) is 14.5. The van der Waals surface area contributed by atoms with Crippen LogP contribution in [0.4, 0.5) is 0 Å². The summed E-state index contributed by atoms with van der Waals surface area (Å²) in [6.07, 6.45) is 1.30. The van der Waals surface area contributed by atoms with E-state index < -0.39 is 6.10 Å². The van der Waals surface area contributed by atoms with E-state index in [0.717, 1.165) is 12.0 Å². The van der Waals surface area contributed by atoms with E-state index in [1.165, 1.54) is 16.7 Å². The molecule has 0 fully saturated rings. The van der Waals surface area contributed by atoms with E-state index in [0.29, 0.717) is 12.3 Å². The highest BCUT2D eigenvalue weighted by Crippen LogP contribution is 2.21. The molecule has 0 heterocycles. The van der Waals surface area contributed by atoms with Gasteiger partial charge in [-0.15, -0.1) is 0 Å². The van der Waals surface area contributed by atoms with Gasteiger partial charge in [-0.05, 0) is 34.6 Å². The van der Waals surface area contributed by atoms with Crippen LogP contribution in [0.5, 0.6) is 0 Å². The number of aliphatic hydroxyl groups excluding tert-OH is 1. The largest absolute Gasteiger partial charge is 0.388 e. The molecule has 0 aliphatic heterocycles. The number of hydrogen-bond acceptors (Lipinski definition) is 1. The van der Waals surface area contributed by atoms with E-state index >= 15 is 0 Å².